The van der Waals surface area contributed by atoms with Gasteiger partial charge >= 0.3 is 6.09 Å². The molecule has 1 amide bonds. The minimum absolute atomic E-state index is 0.220. The smallest absolute Gasteiger partial charge is 0.411 e. The van der Waals surface area contributed by atoms with E-state index in [0.717, 1.165) is 28.2 Å². The molecule has 0 aliphatic heterocycles. The summed E-state index contributed by atoms with van der Waals surface area (Å²) < 4.78 is 5.24. The SMILES string of the molecule is O=C(Nc1ccc(-c2[nH]ncc2Nc2cccc(Cl)c2)cc1)OCc1ccccc1. The van der Waals surface area contributed by atoms with Gasteiger partial charge in [-0.15, -0.1) is 0 Å². The molecule has 0 radical (unpaired) electrons. The number of nitrogens with zero attached hydrogens (tertiary/aromatic N) is 1. The van der Waals surface area contributed by atoms with Gasteiger partial charge in [0.1, 0.15) is 6.61 Å². The van der Waals surface area contributed by atoms with Crippen LogP contribution in [0.15, 0.2) is 85.1 Å². The molecule has 0 unspecified atom stereocenters. The third kappa shape index (κ3) is 4.98. The van der Waals surface area contributed by atoms with Crippen molar-refractivity contribution >= 4 is 34.8 Å². The van der Waals surface area contributed by atoms with E-state index in [-0.39, 0.29) is 6.61 Å². The number of ether oxygens (including phenoxy) is 1. The molecule has 0 aliphatic carbocycles. The third-order valence-electron chi connectivity index (χ3n) is 4.38. The van der Waals surface area contributed by atoms with E-state index >= 15 is 0 Å². The first-order valence-electron chi connectivity index (χ1n) is 9.31. The van der Waals surface area contributed by atoms with Gasteiger partial charge in [-0.1, -0.05) is 60.1 Å². The quantitative estimate of drug-likeness (QED) is 0.347. The summed E-state index contributed by atoms with van der Waals surface area (Å²) in [4.78, 5) is 12.0. The first kappa shape index (κ1) is 19.5. The van der Waals surface area contributed by atoms with Gasteiger partial charge in [-0.2, -0.15) is 5.10 Å². The summed E-state index contributed by atoms with van der Waals surface area (Å²) >= 11 is 6.05. The van der Waals surface area contributed by atoms with Crippen molar-refractivity contribution in [2.45, 2.75) is 6.61 Å². The molecule has 6 nitrogen and oxygen atoms in total. The number of rotatable bonds is 6. The molecule has 1 heterocycles. The summed E-state index contributed by atoms with van der Waals surface area (Å²) in [5, 5.41) is 13.8. The summed E-state index contributed by atoms with van der Waals surface area (Å²) in [5.74, 6) is 0. The normalized spacial score (nSPS) is 10.4. The molecule has 30 heavy (non-hydrogen) atoms. The monoisotopic (exact) mass is 418 g/mol. The average Bonchev–Trinajstić information content (AvgIpc) is 3.22. The van der Waals surface area contributed by atoms with Gasteiger partial charge in [0.15, 0.2) is 0 Å². The molecule has 150 valence electrons. The lowest BCUT2D eigenvalue weighted by molar-refractivity contribution is 0.155. The van der Waals surface area contributed by atoms with Crippen LogP contribution in [0, 0.1) is 0 Å². The summed E-state index contributed by atoms with van der Waals surface area (Å²) in [6.07, 6.45) is 1.21. The molecule has 3 N–H and O–H groups in total. The highest BCUT2D eigenvalue weighted by Gasteiger charge is 2.09. The van der Waals surface area contributed by atoms with Gasteiger partial charge in [-0.3, -0.25) is 10.4 Å². The lowest BCUT2D eigenvalue weighted by atomic mass is 10.1. The van der Waals surface area contributed by atoms with Crippen molar-refractivity contribution in [1.82, 2.24) is 10.2 Å². The lowest BCUT2D eigenvalue weighted by Crippen LogP contribution is -2.13. The van der Waals surface area contributed by atoms with Crippen molar-refractivity contribution in [2.75, 3.05) is 10.6 Å². The molecule has 4 rings (SSSR count). The number of nitrogens with one attached hydrogen (secondary N) is 3. The average molecular weight is 419 g/mol. The van der Waals surface area contributed by atoms with E-state index in [2.05, 4.69) is 20.8 Å². The van der Waals surface area contributed by atoms with Gasteiger partial charge in [-0.05, 0) is 35.9 Å². The fourth-order valence-corrected chi connectivity index (χ4v) is 3.11. The predicted octanol–water partition coefficient (Wildman–Crippen LogP) is 6.22. The molecule has 0 bridgehead atoms. The number of aromatic nitrogens is 2. The zero-order chi connectivity index (χ0) is 20.8. The molecule has 0 aliphatic rings. The molecule has 0 spiro atoms. The topological polar surface area (TPSA) is 79.0 Å². The van der Waals surface area contributed by atoms with Gasteiger partial charge in [0.25, 0.3) is 0 Å². The van der Waals surface area contributed by atoms with Crippen LogP contribution in [-0.4, -0.2) is 16.3 Å². The summed E-state index contributed by atoms with van der Waals surface area (Å²) in [6.45, 7) is 0.220. The van der Waals surface area contributed by atoms with Gasteiger partial charge in [0.2, 0.25) is 0 Å². The Bertz CT molecular complexity index is 1130. The number of anilines is 3. The van der Waals surface area contributed by atoms with Gasteiger partial charge in [0.05, 0.1) is 17.6 Å². The zero-order valence-electron chi connectivity index (χ0n) is 15.9. The van der Waals surface area contributed by atoms with Crippen molar-refractivity contribution in [3.63, 3.8) is 0 Å². The van der Waals surface area contributed by atoms with Crippen LogP contribution in [0.5, 0.6) is 0 Å². The second-order valence-corrected chi connectivity index (χ2v) is 6.99. The molecule has 3 aromatic carbocycles. The second-order valence-electron chi connectivity index (χ2n) is 6.56. The molecule has 0 saturated heterocycles. The number of amides is 1. The largest absolute Gasteiger partial charge is 0.444 e. The Labute approximate surface area is 178 Å². The van der Waals surface area contributed by atoms with E-state index in [1.165, 1.54) is 0 Å². The number of halogens is 1. The number of H-pyrrole nitrogens is 1. The summed E-state index contributed by atoms with van der Waals surface area (Å²) in [7, 11) is 0. The van der Waals surface area contributed by atoms with Crippen molar-refractivity contribution in [2.24, 2.45) is 0 Å². The Morgan fingerprint density at radius 1 is 0.967 bits per heavy atom. The minimum Gasteiger partial charge on any atom is -0.444 e. The highest BCUT2D eigenvalue weighted by Crippen LogP contribution is 2.29. The fraction of sp³-hybridized carbons (Fsp3) is 0.0435. The van der Waals surface area contributed by atoms with Crippen molar-refractivity contribution in [1.29, 1.82) is 0 Å². The van der Waals surface area contributed by atoms with E-state index in [9.17, 15) is 4.79 Å². The third-order valence-corrected chi connectivity index (χ3v) is 4.61. The highest BCUT2D eigenvalue weighted by atomic mass is 35.5. The standard InChI is InChI=1S/C23H19ClN4O2/c24-18-7-4-8-20(13-18)26-21-14-25-28-22(21)17-9-11-19(12-10-17)27-23(29)30-15-16-5-2-1-3-6-16/h1-14,26H,15H2,(H,25,28)(H,27,29). The number of carbonyl (C=O) groups excluding carboxylic acids is 1. The lowest BCUT2D eigenvalue weighted by Gasteiger charge is -2.09. The van der Waals surface area contributed by atoms with E-state index in [4.69, 9.17) is 16.3 Å². The van der Waals surface area contributed by atoms with Gasteiger partial charge < -0.3 is 10.1 Å². The van der Waals surface area contributed by atoms with Crippen molar-refractivity contribution < 1.29 is 9.53 Å². The maximum Gasteiger partial charge on any atom is 0.411 e. The molecule has 7 heteroatoms. The maximum atomic E-state index is 12.0. The molecule has 0 fully saturated rings. The second kappa shape index (κ2) is 9.15. The number of carbonyl (C=O) groups is 1. The van der Waals surface area contributed by atoms with Gasteiger partial charge in [0, 0.05) is 22.0 Å². The van der Waals surface area contributed by atoms with E-state index in [1.807, 2.05) is 78.9 Å². The first-order valence-corrected chi connectivity index (χ1v) is 9.69. The maximum absolute atomic E-state index is 12.0. The fourth-order valence-electron chi connectivity index (χ4n) is 2.92. The molecular weight excluding hydrogens is 400 g/mol. The van der Waals surface area contributed by atoms with E-state index in [1.54, 1.807) is 6.20 Å². The van der Waals surface area contributed by atoms with E-state index in [0.29, 0.717) is 10.7 Å². The number of aromatic amines is 1. The van der Waals surface area contributed by atoms with Crippen LogP contribution in [0.4, 0.5) is 21.9 Å². The Kier molecular flexibility index (Phi) is 5.96. The first-order chi connectivity index (χ1) is 14.7. The Balaban J connectivity index is 1.39. The van der Waals surface area contributed by atoms with Crippen LogP contribution < -0.4 is 10.6 Å². The summed E-state index contributed by atoms with van der Waals surface area (Å²) in [5.41, 5.74) is 5.00. The number of benzene rings is 3. The molecule has 1 aromatic heterocycles. The van der Waals surface area contributed by atoms with Crippen LogP contribution in [0.3, 0.4) is 0 Å². The highest BCUT2D eigenvalue weighted by molar-refractivity contribution is 6.30. The Morgan fingerprint density at radius 3 is 2.53 bits per heavy atom. The Hall–Kier alpha value is -3.77. The van der Waals surface area contributed by atoms with Crippen LogP contribution in [0.2, 0.25) is 5.02 Å². The van der Waals surface area contributed by atoms with Crippen LogP contribution in [0.1, 0.15) is 5.56 Å². The van der Waals surface area contributed by atoms with Crippen LogP contribution in [-0.2, 0) is 11.3 Å². The molecule has 0 saturated carbocycles. The van der Waals surface area contributed by atoms with E-state index < -0.39 is 6.09 Å². The number of hydrogen-bond donors (Lipinski definition) is 3. The minimum atomic E-state index is -0.503. The van der Waals surface area contributed by atoms with Crippen LogP contribution >= 0.6 is 11.6 Å². The summed E-state index contributed by atoms with van der Waals surface area (Å²) in [6, 6.07) is 24.4. The molecule has 4 aromatic rings. The van der Waals surface area contributed by atoms with Crippen molar-refractivity contribution in [3.8, 4) is 11.3 Å². The zero-order valence-corrected chi connectivity index (χ0v) is 16.7. The molecule has 0 atom stereocenters. The predicted molar refractivity (Wildman–Crippen MR) is 119 cm³/mol. The Morgan fingerprint density at radius 2 is 1.77 bits per heavy atom. The van der Waals surface area contributed by atoms with Crippen molar-refractivity contribution in [3.05, 3.63) is 95.6 Å². The molecular formula is C23H19ClN4O2. The number of hydrogen-bond acceptors (Lipinski definition) is 4. The van der Waals surface area contributed by atoms with Gasteiger partial charge in [-0.25, -0.2) is 4.79 Å². The van der Waals surface area contributed by atoms with Crippen LogP contribution in [0.25, 0.3) is 11.3 Å².